The van der Waals surface area contributed by atoms with Crippen LogP contribution in [0.25, 0.3) is 5.65 Å². The van der Waals surface area contributed by atoms with E-state index in [2.05, 4.69) is 20.6 Å². The smallest absolute Gasteiger partial charge is 0.355 e. The van der Waals surface area contributed by atoms with Gasteiger partial charge < -0.3 is 10.2 Å². The molecule has 0 aromatic carbocycles. The summed E-state index contributed by atoms with van der Waals surface area (Å²) in [6.45, 7) is 5.38. The Bertz CT molecular complexity index is 768. The van der Waals surface area contributed by atoms with Crippen molar-refractivity contribution in [1.29, 1.82) is 0 Å². The predicted octanol–water partition coefficient (Wildman–Crippen LogP) is 0.791. The highest BCUT2D eigenvalue weighted by Crippen LogP contribution is 2.28. The number of carbonyl (C=O) groups is 1. The number of nitrogens with one attached hydrogen (secondary N) is 1. The van der Waals surface area contributed by atoms with E-state index in [9.17, 15) is 18.0 Å². The van der Waals surface area contributed by atoms with Crippen molar-refractivity contribution in [2.45, 2.75) is 19.5 Å². The van der Waals surface area contributed by atoms with Crippen LogP contribution in [0.1, 0.15) is 19.2 Å². The number of halogens is 3. The van der Waals surface area contributed by atoms with E-state index in [4.69, 9.17) is 0 Å². The highest BCUT2D eigenvalue weighted by Gasteiger charge is 2.37. The van der Waals surface area contributed by atoms with Crippen LogP contribution < -0.4 is 10.2 Å². The minimum absolute atomic E-state index is 0.0147. The van der Waals surface area contributed by atoms with Gasteiger partial charge in [0.15, 0.2) is 5.65 Å². The van der Waals surface area contributed by atoms with Crippen LogP contribution in [-0.2, 0) is 11.0 Å². The first-order valence-electron chi connectivity index (χ1n) is 8.42. The van der Waals surface area contributed by atoms with Crippen molar-refractivity contribution in [2.24, 2.45) is 0 Å². The molecule has 3 rings (SSSR count). The van der Waals surface area contributed by atoms with Crippen molar-refractivity contribution in [2.75, 3.05) is 44.2 Å². The number of amides is 1. The number of piperazine rings is 1. The molecule has 2 aromatic rings. The van der Waals surface area contributed by atoms with Crippen molar-refractivity contribution in [3.05, 3.63) is 18.0 Å². The van der Waals surface area contributed by atoms with Crippen LogP contribution in [0.15, 0.2) is 12.1 Å². The molecule has 1 amide bonds. The first-order chi connectivity index (χ1) is 12.4. The molecule has 8 nitrogen and oxygen atoms in total. The van der Waals surface area contributed by atoms with Crippen molar-refractivity contribution in [3.8, 4) is 0 Å². The van der Waals surface area contributed by atoms with Gasteiger partial charge in [0, 0.05) is 32.7 Å². The summed E-state index contributed by atoms with van der Waals surface area (Å²) in [6.07, 6.45) is -3.73. The standard InChI is InChI=1S/C15H20F3N7O/c1-2-5-19-13(26)10-23-6-8-24(9-7-23)12-4-3-11-20-21-14(15(16,17)18)25(11)22-12/h3-4H,2,5-10H2,1H3,(H,19,26). The number of hydrogen-bond donors (Lipinski definition) is 1. The Hall–Kier alpha value is -2.43. The summed E-state index contributed by atoms with van der Waals surface area (Å²) in [5.41, 5.74) is 0.0484. The third-order valence-corrected chi connectivity index (χ3v) is 4.14. The van der Waals surface area contributed by atoms with Crippen molar-refractivity contribution in [1.82, 2.24) is 30.0 Å². The maximum absolute atomic E-state index is 13.0. The Morgan fingerprint density at radius 2 is 1.92 bits per heavy atom. The Balaban J connectivity index is 1.65. The molecule has 0 aliphatic carbocycles. The van der Waals surface area contributed by atoms with E-state index >= 15 is 0 Å². The normalized spacial score (nSPS) is 16.2. The van der Waals surface area contributed by atoms with Crippen LogP contribution in [0.5, 0.6) is 0 Å². The average molecular weight is 371 g/mol. The Morgan fingerprint density at radius 1 is 1.19 bits per heavy atom. The van der Waals surface area contributed by atoms with Gasteiger partial charge in [-0.15, -0.1) is 15.3 Å². The fourth-order valence-corrected chi connectivity index (χ4v) is 2.78. The minimum atomic E-state index is -4.62. The molecule has 0 radical (unpaired) electrons. The Labute approximate surface area is 148 Å². The summed E-state index contributed by atoms with van der Waals surface area (Å²) >= 11 is 0. The number of carbonyl (C=O) groups excluding carboxylic acids is 1. The van der Waals surface area contributed by atoms with E-state index in [0.717, 1.165) is 10.9 Å². The summed E-state index contributed by atoms with van der Waals surface area (Å²) in [4.78, 5) is 15.7. The second kappa shape index (κ2) is 7.44. The number of fused-ring (bicyclic) bond motifs is 1. The quantitative estimate of drug-likeness (QED) is 0.837. The van der Waals surface area contributed by atoms with Gasteiger partial charge in [0.05, 0.1) is 6.54 Å². The van der Waals surface area contributed by atoms with Crippen molar-refractivity contribution < 1.29 is 18.0 Å². The van der Waals surface area contributed by atoms with Gasteiger partial charge in [0.1, 0.15) is 5.82 Å². The molecule has 142 valence electrons. The van der Waals surface area contributed by atoms with Gasteiger partial charge in [-0.25, -0.2) is 0 Å². The fourth-order valence-electron chi connectivity index (χ4n) is 2.78. The van der Waals surface area contributed by atoms with Gasteiger partial charge in [0.2, 0.25) is 5.91 Å². The first kappa shape index (κ1) is 18.4. The molecule has 1 N–H and O–H groups in total. The van der Waals surface area contributed by atoms with Gasteiger partial charge in [-0.1, -0.05) is 6.92 Å². The zero-order valence-corrected chi connectivity index (χ0v) is 14.3. The lowest BCUT2D eigenvalue weighted by molar-refractivity contribution is -0.146. The van der Waals surface area contributed by atoms with E-state index < -0.39 is 12.0 Å². The molecule has 0 unspecified atom stereocenters. The monoisotopic (exact) mass is 371 g/mol. The average Bonchev–Trinajstić information content (AvgIpc) is 3.04. The fraction of sp³-hybridized carbons (Fsp3) is 0.600. The third-order valence-electron chi connectivity index (χ3n) is 4.14. The first-order valence-corrected chi connectivity index (χ1v) is 8.42. The summed E-state index contributed by atoms with van der Waals surface area (Å²) in [5.74, 6) is -0.724. The molecule has 1 fully saturated rings. The van der Waals surface area contributed by atoms with Crippen LogP contribution >= 0.6 is 0 Å². The zero-order valence-electron chi connectivity index (χ0n) is 14.3. The lowest BCUT2D eigenvalue weighted by Gasteiger charge is -2.34. The largest absolute Gasteiger partial charge is 0.453 e. The van der Waals surface area contributed by atoms with Crippen molar-refractivity contribution in [3.63, 3.8) is 0 Å². The molecular weight excluding hydrogens is 351 g/mol. The number of rotatable bonds is 5. The molecule has 3 heterocycles. The summed E-state index contributed by atoms with van der Waals surface area (Å²) < 4.78 is 39.6. The lowest BCUT2D eigenvalue weighted by atomic mass is 10.3. The van der Waals surface area contributed by atoms with Gasteiger partial charge in [-0.3, -0.25) is 9.69 Å². The van der Waals surface area contributed by atoms with Crippen LogP contribution in [0, 0.1) is 0 Å². The third kappa shape index (κ3) is 4.03. The predicted molar refractivity (Wildman–Crippen MR) is 87.7 cm³/mol. The molecular formula is C15H20F3N7O. The van der Waals surface area contributed by atoms with E-state index in [0.29, 0.717) is 45.1 Å². The van der Waals surface area contributed by atoms with Crippen LogP contribution in [0.3, 0.4) is 0 Å². The molecule has 1 aliphatic rings. The highest BCUT2D eigenvalue weighted by molar-refractivity contribution is 5.78. The molecule has 0 bridgehead atoms. The van der Waals surface area contributed by atoms with Gasteiger partial charge in [-0.2, -0.15) is 17.7 Å². The topological polar surface area (TPSA) is 78.7 Å². The molecule has 0 saturated carbocycles. The zero-order chi connectivity index (χ0) is 18.7. The van der Waals surface area contributed by atoms with E-state index in [1.807, 2.05) is 16.7 Å². The molecule has 26 heavy (non-hydrogen) atoms. The second-order valence-electron chi connectivity index (χ2n) is 6.10. The summed E-state index contributed by atoms with van der Waals surface area (Å²) in [6, 6.07) is 3.10. The summed E-state index contributed by atoms with van der Waals surface area (Å²) in [7, 11) is 0. The second-order valence-corrected chi connectivity index (χ2v) is 6.10. The highest BCUT2D eigenvalue weighted by atomic mass is 19.4. The molecule has 1 aliphatic heterocycles. The Morgan fingerprint density at radius 3 is 2.58 bits per heavy atom. The molecule has 1 saturated heterocycles. The van der Waals surface area contributed by atoms with Gasteiger partial charge in [-0.05, 0) is 18.6 Å². The molecule has 2 aromatic heterocycles. The van der Waals surface area contributed by atoms with Crippen LogP contribution in [0.4, 0.5) is 19.0 Å². The number of hydrogen-bond acceptors (Lipinski definition) is 6. The SMILES string of the molecule is CCCNC(=O)CN1CCN(c2ccc3nnc(C(F)(F)F)n3n2)CC1. The molecule has 11 heteroatoms. The van der Waals surface area contributed by atoms with Gasteiger partial charge >= 0.3 is 6.18 Å². The maximum atomic E-state index is 13.0. The number of anilines is 1. The number of aromatic nitrogens is 4. The van der Waals surface area contributed by atoms with E-state index in [1.165, 1.54) is 6.07 Å². The Kier molecular flexibility index (Phi) is 5.25. The van der Waals surface area contributed by atoms with Gasteiger partial charge in [0.25, 0.3) is 5.82 Å². The number of nitrogens with zero attached hydrogens (tertiary/aromatic N) is 6. The molecule has 0 spiro atoms. The number of alkyl halides is 3. The maximum Gasteiger partial charge on any atom is 0.453 e. The van der Waals surface area contributed by atoms with Crippen LogP contribution in [-0.4, -0.2) is 69.9 Å². The molecule has 0 atom stereocenters. The van der Waals surface area contributed by atoms with E-state index in [-0.39, 0.29) is 11.6 Å². The van der Waals surface area contributed by atoms with Crippen molar-refractivity contribution >= 4 is 17.4 Å². The lowest BCUT2D eigenvalue weighted by Crippen LogP contribution is -2.49. The van der Waals surface area contributed by atoms with E-state index in [1.54, 1.807) is 6.07 Å². The summed E-state index contributed by atoms with van der Waals surface area (Å²) in [5, 5.41) is 13.6. The van der Waals surface area contributed by atoms with Crippen LogP contribution in [0.2, 0.25) is 0 Å². The minimum Gasteiger partial charge on any atom is -0.355 e.